The first-order valence-electron chi connectivity index (χ1n) is 6.61. The smallest absolute Gasteiger partial charge is 0.338 e. The van der Waals surface area contributed by atoms with Gasteiger partial charge in [0.05, 0.1) is 11.7 Å². The molecule has 0 heterocycles. The molecule has 0 aliphatic heterocycles. The van der Waals surface area contributed by atoms with Gasteiger partial charge in [0, 0.05) is 0 Å². The van der Waals surface area contributed by atoms with Gasteiger partial charge in [-0.25, -0.2) is 4.79 Å². The molecule has 0 spiro atoms. The minimum Gasteiger partial charge on any atom is -0.459 e. The van der Waals surface area contributed by atoms with E-state index in [1.165, 1.54) is 12.8 Å². The van der Waals surface area contributed by atoms with Crippen LogP contribution in [0.3, 0.4) is 0 Å². The highest BCUT2D eigenvalue weighted by atomic mass is 16.5. The monoisotopic (exact) mass is 246 g/mol. The summed E-state index contributed by atoms with van der Waals surface area (Å²) in [5, 5.41) is 0. The van der Waals surface area contributed by atoms with E-state index in [0.29, 0.717) is 5.56 Å². The average Bonchev–Trinajstić information content (AvgIpc) is 2.39. The van der Waals surface area contributed by atoms with E-state index in [0.717, 1.165) is 19.3 Å². The topological polar surface area (TPSA) is 26.3 Å². The van der Waals surface area contributed by atoms with Crippen LogP contribution in [0.1, 0.15) is 49.4 Å². The molecule has 1 rings (SSSR count). The number of esters is 1. The SMILES string of the molecule is C=CCCCCC[C@@H](C)OC(=O)c1ccccc1. The Labute approximate surface area is 110 Å². The standard InChI is InChI=1S/C16H22O2/c1-3-4-5-6-8-11-14(2)18-16(17)15-12-9-7-10-13-15/h3,7,9-10,12-14H,1,4-6,8,11H2,2H3/t14-/m1/s1. The molecule has 98 valence electrons. The van der Waals surface area contributed by atoms with Gasteiger partial charge in [0.15, 0.2) is 0 Å². The molecule has 18 heavy (non-hydrogen) atoms. The number of carbonyl (C=O) groups excluding carboxylic acids is 1. The molecule has 0 N–H and O–H groups in total. The number of hydrogen-bond donors (Lipinski definition) is 0. The van der Waals surface area contributed by atoms with Gasteiger partial charge < -0.3 is 4.74 Å². The first kappa shape index (κ1) is 14.5. The molecule has 0 aliphatic carbocycles. The lowest BCUT2D eigenvalue weighted by molar-refractivity contribution is 0.0319. The molecular weight excluding hydrogens is 224 g/mol. The lowest BCUT2D eigenvalue weighted by Crippen LogP contribution is -2.14. The molecule has 1 aromatic carbocycles. The summed E-state index contributed by atoms with van der Waals surface area (Å²) >= 11 is 0. The maximum atomic E-state index is 11.8. The van der Waals surface area contributed by atoms with E-state index in [1.807, 2.05) is 31.2 Å². The molecule has 0 unspecified atom stereocenters. The van der Waals surface area contributed by atoms with Crippen LogP contribution in [0.5, 0.6) is 0 Å². The van der Waals surface area contributed by atoms with Crippen molar-refractivity contribution in [3.05, 3.63) is 48.6 Å². The van der Waals surface area contributed by atoms with Crippen LogP contribution in [-0.4, -0.2) is 12.1 Å². The Kier molecular flexibility index (Phi) is 6.85. The van der Waals surface area contributed by atoms with Crippen LogP contribution in [-0.2, 0) is 4.74 Å². The highest BCUT2D eigenvalue weighted by Crippen LogP contribution is 2.10. The Morgan fingerprint density at radius 3 is 2.67 bits per heavy atom. The first-order chi connectivity index (χ1) is 8.74. The minimum atomic E-state index is -0.228. The van der Waals surface area contributed by atoms with Gasteiger partial charge in [-0.05, 0) is 44.7 Å². The molecule has 0 aliphatic rings. The largest absolute Gasteiger partial charge is 0.459 e. The molecule has 0 fully saturated rings. The van der Waals surface area contributed by atoms with Crippen molar-refractivity contribution >= 4 is 5.97 Å². The lowest BCUT2D eigenvalue weighted by Gasteiger charge is -2.12. The number of hydrogen-bond acceptors (Lipinski definition) is 2. The third-order valence-corrected chi connectivity index (χ3v) is 2.84. The van der Waals surface area contributed by atoms with Crippen LogP contribution in [0.15, 0.2) is 43.0 Å². The van der Waals surface area contributed by atoms with Crippen LogP contribution in [0, 0.1) is 0 Å². The number of ether oxygens (including phenoxy) is 1. The number of benzene rings is 1. The molecule has 0 saturated carbocycles. The van der Waals surface area contributed by atoms with Gasteiger partial charge in [-0.15, -0.1) is 6.58 Å². The predicted octanol–water partition coefficient (Wildman–Crippen LogP) is 4.37. The van der Waals surface area contributed by atoms with Crippen LogP contribution >= 0.6 is 0 Å². The van der Waals surface area contributed by atoms with Gasteiger partial charge in [-0.3, -0.25) is 0 Å². The van der Waals surface area contributed by atoms with Gasteiger partial charge >= 0.3 is 5.97 Å². The highest BCUT2D eigenvalue weighted by molar-refractivity contribution is 5.89. The maximum Gasteiger partial charge on any atom is 0.338 e. The van der Waals surface area contributed by atoms with Crippen molar-refractivity contribution in [2.24, 2.45) is 0 Å². The van der Waals surface area contributed by atoms with E-state index in [9.17, 15) is 4.79 Å². The quantitative estimate of drug-likeness (QED) is 0.387. The number of unbranched alkanes of at least 4 members (excludes halogenated alkanes) is 3. The molecular formula is C16H22O2. The summed E-state index contributed by atoms with van der Waals surface area (Å²) in [5.74, 6) is -0.228. The van der Waals surface area contributed by atoms with E-state index in [2.05, 4.69) is 6.58 Å². The molecule has 1 atom stereocenters. The molecule has 0 radical (unpaired) electrons. The van der Waals surface area contributed by atoms with Crippen molar-refractivity contribution in [1.82, 2.24) is 0 Å². The van der Waals surface area contributed by atoms with E-state index in [-0.39, 0.29) is 12.1 Å². The normalized spacial score (nSPS) is 11.8. The molecule has 0 amide bonds. The molecule has 2 nitrogen and oxygen atoms in total. The third-order valence-electron chi connectivity index (χ3n) is 2.84. The summed E-state index contributed by atoms with van der Waals surface area (Å²) in [6.45, 7) is 5.65. The van der Waals surface area contributed by atoms with E-state index >= 15 is 0 Å². The minimum absolute atomic E-state index is 0.0126. The Morgan fingerprint density at radius 1 is 1.28 bits per heavy atom. The summed E-state index contributed by atoms with van der Waals surface area (Å²) < 4.78 is 5.38. The van der Waals surface area contributed by atoms with E-state index < -0.39 is 0 Å². The Bertz CT molecular complexity index is 357. The number of carbonyl (C=O) groups is 1. The van der Waals surface area contributed by atoms with Crippen LogP contribution in [0.25, 0.3) is 0 Å². The molecule has 1 aromatic rings. The molecule has 2 heteroatoms. The number of allylic oxidation sites excluding steroid dienone is 1. The second-order valence-electron chi connectivity index (χ2n) is 4.51. The third kappa shape index (κ3) is 5.67. The predicted molar refractivity (Wildman–Crippen MR) is 74.6 cm³/mol. The summed E-state index contributed by atoms with van der Waals surface area (Å²) in [5.41, 5.74) is 0.621. The van der Waals surface area contributed by atoms with Gasteiger partial charge in [-0.1, -0.05) is 30.7 Å². The zero-order valence-electron chi connectivity index (χ0n) is 11.1. The van der Waals surface area contributed by atoms with E-state index in [1.54, 1.807) is 12.1 Å². The van der Waals surface area contributed by atoms with Crippen LogP contribution in [0.2, 0.25) is 0 Å². The van der Waals surface area contributed by atoms with Crippen LogP contribution < -0.4 is 0 Å². The van der Waals surface area contributed by atoms with Crippen molar-refractivity contribution in [3.8, 4) is 0 Å². The summed E-state index contributed by atoms with van der Waals surface area (Å²) in [6.07, 6.45) is 7.35. The Balaban J connectivity index is 2.21. The van der Waals surface area contributed by atoms with Gasteiger partial charge in [0.2, 0.25) is 0 Å². The molecule has 0 bridgehead atoms. The van der Waals surface area contributed by atoms with Crippen molar-refractivity contribution in [2.45, 2.75) is 45.1 Å². The van der Waals surface area contributed by atoms with Crippen molar-refractivity contribution in [3.63, 3.8) is 0 Å². The van der Waals surface area contributed by atoms with Crippen LogP contribution in [0.4, 0.5) is 0 Å². The van der Waals surface area contributed by atoms with Gasteiger partial charge in [-0.2, -0.15) is 0 Å². The average molecular weight is 246 g/mol. The Morgan fingerprint density at radius 2 is 2.00 bits per heavy atom. The Hall–Kier alpha value is -1.57. The zero-order valence-corrected chi connectivity index (χ0v) is 11.1. The summed E-state index contributed by atoms with van der Waals surface area (Å²) in [7, 11) is 0. The maximum absolute atomic E-state index is 11.8. The summed E-state index contributed by atoms with van der Waals surface area (Å²) in [6, 6.07) is 9.13. The highest BCUT2D eigenvalue weighted by Gasteiger charge is 2.10. The second-order valence-corrected chi connectivity index (χ2v) is 4.51. The summed E-state index contributed by atoms with van der Waals surface area (Å²) in [4.78, 5) is 11.8. The fraction of sp³-hybridized carbons (Fsp3) is 0.438. The van der Waals surface area contributed by atoms with Gasteiger partial charge in [0.25, 0.3) is 0 Å². The molecule has 0 aromatic heterocycles. The fourth-order valence-electron chi connectivity index (χ4n) is 1.78. The van der Waals surface area contributed by atoms with Gasteiger partial charge in [0.1, 0.15) is 0 Å². The van der Waals surface area contributed by atoms with Crippen molar-refractivity contribution in [1.29, 1.82) is 0 Å². The lowest BCUT2D eigenvalue weighted by atomic mass is 10.1. The molecule has 0 saturated heterocycles. The van der Waals surface area contributed by atoms with Crippen molar-refractivity contribution in [2.75, 3.05) is 0 Å². The fourth-order valence-corrected chi connectivity index (χ4v) is 1.78. The van der Waals surface area contributed by atoms with Crippen molar-refractivity contribution < 1.29 is 9.53 Å². The number of rotatable bonds is 8. The van der Waals surface area contributed by atoms with E-state index in [4.69, 9.17) is 4.74 Å². The first-order valence-corrected chi connectivity index (χ1v) is 6.61. The zero-order chi connectivity index (χ0) is 13.2. The second kappa shape index (κ2) is 8.51.